The molecule has 1 aliphatic rings. The number of hydrogen-bond acceptors (Lipinski definition) is 4. The highest BCUT2D eigenvalue weighted by Gasteiger charge is 2.30. The van der Waals surface area contributed by atoms with Crippen LogP contribution in [0.25, 0.3) is 10.2 Å². The van der Waals surface area contributed by atoms with E-state index in [1.54, 1.807) is 29.5 Å². The number of piperidine rings is 1. The van der Waals surface area contributed by atoms with E-state index < -0.39 is 5.82 Å². The van der Waals surface area contributed by atoms with Crippen molar-refractivity contribution in [3.05, 3.63) is 59.4 Å². The van der Waals surface area contributed by atoms with Gasteiger partial charge in [-0.05, 0) is 37.1 Å². The topological polar surface area (TPSA) is 61.4 Å². The molecule has 1 fully saturated rings. The van der Waals surface area contributed by atoms with Crippen LogP contribution >= 0.6 is 11.3 Å². The molecule has 0 bridgehead atoms. The summed E-state index contributed by atoms with van der Waals surface area (Å²) in [6, 6.07) is 16.5. The SMILES string of the molecule is N#CCCN(C(=O)C[NH+]1CCC[C@@H](c2nc3ccccc3s2)C1)c1ccccc1F. The Bertz CT molecular complexity index is 1040. The lowest BCUT2D eigenvalue weighted by Gasteiger charge is -2.30. The number of halogens is 1. The number of likely N-dealkylation sites (tertiary alicyclic amines) is 1. The number of amides is 1. The molecule has 7 heteroatoms. The van der Waals surface area contributed by atoms with Gasteiger partial charge in [0.05, 0.1) is 47.4 Å². The van der Waals surface area contributed by atoms with Crippen molar-refractivity contribution in [3.63, 3.8) is 0 Å². The molecule has 5 nitrogen and oxygen atoms in total. The average molecular weight is 424 g/mol. The van der Waals surface area contributed by atoms with E-state index in [0.29, 0.717) is 12.5 Å². The number of nitrogens with one attached hydrogen (secondary N) is 1. The quantitative estimate of drug-likeness (QED) is 0.663. The first-order chi connectivity index (χ1) is 14.7. The molecule has 0 radical (unpaired) electrons. The predicted octanol–water partition coefficient (Wildman–Crippen LogP) is 3.14. The number of carbonyl (C=O) groups is 1. The van der Waals surface area contributed by atoms with Gasteiger partial charge in [0, 0.05) is 6.54 Å². The van der Waals surface area contributed by atoms with Crippen LogP contribution in [0.4, 0.5) is 10.1 Å². The van der Waals surface area contributed by atoms with Crippen molar-refractivity contribution in [3.8, 4) is 6.07 Å². The Hall–Kier alpha value is -2.82. The lowest BCUT2D eigenvalue weighted by Crippen LogP contribution is -3.14. The third-order valence-corrected chi connectivity index (χ3v) is 6.77. The molecule has 1 saturated heterocycles. The summed E-state index contributed by atoms with van der Waals surface area (Å²) >= 11 is 1.74. The van der Waals surface area contributed by atoms with Crippen molar-refractivity contribution in [2.45, 2.75) is 25.2 Å². The van der Waals surface area contributed by atoms with Crippen LogP contribution in [0, 0.1) is 17.1 Å². The Morgan fingerprint density at radius 2 is 2.07 bits per heavy atom. The molecular formula is C23H24FN4OS+. The fourth-order valence-corrected chi connectivity index (χ4v) is 5.21. The predicted molar refractivity (Wildman–Crippen MR) is 116 cm³/mol. The highest BCUT2D eigenvalue weighted by atomic mass is 32.1. The van der Waals surface area contributed by atoms with Gasteiger partial charge in [0.25, 0.3) is 5.91 Å². The van der Waals surface area contributed by atoms with Gasteiger partial charge in [-0.25, -0.2) is 9.37 Å². The molecule has 1 aromatic heterocycles. The number of fused-ring (bicyclic) bond motifs is 1. The summed E-state index contributed by atoms with van der Waals surface area (Å²) in [4.78, 5) is 20.5. The Labute approximate surface area is 179 Å². The lowest BCUT2D eigenvalue weighted by molar-refractivity contribution is -0.898. The first-order valence-electron chi connectivity index (χ1n) is 10.3. The molecule has 1 amide bonds. The number of anilines is 1. The number of carbonyl (C=O) groups excluding carboxylic acids is 1. The molecule has 2 heterocycles. The van der Waals surface area contributed by atoms with Crippen molar-refractivity contribution < 1.29 is 14.1 Å². The maximum Gasteiger partial charge on any atom is 0.282 e. The van der Waals surface area contributed by atoms with Crippen molar-refractivity contribution in [2.75, 3.05) is 31.1 Å². The summed E-state index contributed by atoms with van der Waals surface area (Å²) in [6.07, 6.45) is 2.27. The zero-order chi connectivity index (χ0) is 20.9. The van der Waals surface area contributed by atoms with Crippen molar-refractivity contribution >= 4 is 33.1 Å². The van der Waals surface area contributed by atoms with E-state index in [0.717, 1.165) is 36.5 Å². The third kappa shape index (κ3) is 4.50. The Balaban J connectivity index is 1.47. The molecular weight excluding hydrogens is 399 g/mol. The van der Waals surface area contributed by atoms with Crippen LogP contribution in [0.1, 0.15) is 30.2 Å². The van der Waals surface area contributed by atoms with E-state index >= 15 is 0 Å². The normalized spacial score (nSPS) is 18.8. The molecule has 1 N–H and O–H groups in total. The largest absolute Gasteiger partial charge is 0.327 e. The van der Waals surface area contributed by atoms with Crippen LogP contribution in [-0.4, -0.2) is 37.1 Å². The molecule has 4 rings (SSSR count). The van der Waals surface area contributed by atoms with Gasteiger partial charge in [-0.3, -0.25) is 4.79 Å². The van der Waals surface area contributed by atoms with Gasteiger partial charge in [-0.15, -0.1) is 11.3 Å². The molecule has 1 unspecified atom stereocenters. The van der Waals surface area contributed by atoms with Crippen LogP contribution in [0.5, 0.6) is 0 Å². The fourth-order valence-electron chi connectivity index (χ4n) is 4.11. The number of benzene rings is 2. The maximum absolute atomic E-state index is 14.3. The summed E-state index contributed by atoms with van der Waals surface area (Å²) in [5.74, 6) is -0.250. The smallest absolute Gasteiger partial charge is 0.282 e. The Morgan fingerprint density at radius 1 is 1.27 bits per heavy atom. The number of nitriles is 1. The third-order valence-electron chi connectivity index (χ3n) is 5.57. The fraction of sp³-hybridized carbons (Fsp3) is 0.348. The molecule has 2 aromatic carbocycles. The average Bonchev–Trinajstić information content (AvgIpc) is 3.20. The van der Waals surface area contributed by atoms with Crippen LogP contribution in [0.2, 0.25) is 0 Å². The number of rotatable bonds is 6. The number of nitrogens with zero attached hydrogens (tertiary/aromatic N) is 3. The number of aromatic nitrogens is 1. The molecule has 30 heavy (non-hydrogen) atoms. The summed E-state index contributed by atoms with van der Waals surface area (Å²) in [7, 11) is 0. The van der Waals surface area contributed by atoms with Gasteiger partial charge in [0.15, 0.2) is 6.54 Å². The van der Waals surface area contributed by atoms with E-state index in [4.69, 9.17) is 10.2 Å². The van der Waals surface area contributed by atoms with E-state index in [1.807, 2.05) is 18.2 Å². The minimum atomic E-state index is -0.440. The Morgan fingerprint density at radius 3 is 2.87 bits per heavy atom. The van der Waals surface area contributed by atoms with E-state index in [2.05, 4.69) is 12.1 Å². The van der Waals surface area contributed by atoms with Crippen LogP contribution in [-0.2, 0) is 4.79 Å². The lowest BCUT2D eigenvalue weighted by atomic mass is 9.98. The number of quaternary nitrogens is 1. The first-order valence-corrected chi connectivity index (χ1v) is 11.1. The van der Waals surface area contributed by atoms with Crippen LogP contribution in [0.15, 0.2) is 48.5 Å². The molecule has 1 aliphatic heterocycles. The minimum Gasteiger partial charge on any atom is -0.327 e. The monoisotopic (exact) mass is 423 g/mol. The van der Waals surface area contributed by atoms with Crippen LogP contribution in [0.3, 0.4) is 0 Å². The molecule has 0 aliphatic carbocycles. The highest BCUT2D eigenvalue weighted by Crippen LogP contribution is 2.30. The summed E-state index contributed by atoms with van der Waals surface area (Å²) in [5, 5.41) is 10.1. The molecule has 154 valence electrons. The summed E-state index contributed by atoms with van der Waals surface area (Å²) in [6.45, 7) is 2.25. The summed E-state index contributed by atoms with van der Waals surface area (Å²) in [5.41, 5.74) is 1.28. The van der Waals surface area contributed by atoms with Gasteiger partial charge < -0.3 is 9.80 Å². The van der Waals surface area contributed by atoms with Crippen molar-refractivity contribution in [1.82, 2.24) is 4.98 Å². The second-order valence-electron chi connectivity index (χ2n) is 7.64. The van der Waals surface area contributed by atoms with Crippen LogP contribution < -0.4 is 9.80 Å². The second kappa shape index (κ2) is 9.33. The van der Waals surface area contributed by atoms with Gasteiger partial charge in [-0.1, -0.05) is 24.3 Å². The molecule has 2 atom stereocenters. The minimum absolute atomic E-state index is 0.143. The molecule has 0 saturated carbocycles. The number of hydrogen-bond donors (Lipinski definition) is 1. The maximum atomic E-state index is 14.3. The van der Waals surface area contributed by atoms with E-state index in [1.165, 1.54) is 20.6 Å². The summed E-state index contributed by atoms with van der Waals surface area (Å²) < 4.78 is 15.5. The number of para-hydroxylation sites is 2. The zero-order valence-corrected chi connectivity index (χ0v) is 17.5. The molecule has 0 spiro atoms. The van der Waals surface area contributed by atoms with Gasteiger partial charge in [0.1, 0.15) is 10.8 Å². The standard InChI is InChI=1S/C23H23FN4OS/c24-18-8-1-3-10-20(18)28(14-6-12-25)22(29)16-27-13-5-7-17(15-27)23-26-19-9-2-4-11-21(19)30-23/h1-4,8-11,17H,5-7,13-16H2/p+1/t17-/m1/s1. The van der Waals surface area contributed by atoms with Crippen molar-refractivity contribution in [2.24, 2.45) is 0 Å². The van der Waals surface area contributed by atoms with E-state index in [9.17, 15) is 9.18 Å². The first kappa shape index (κ1) is 20.5. The Kier molecular flexibility index (Phi) is 6.36. The van der Waals surface area contributed by atoms with Crippen molar-refractivity contribution in [1.29, 1.82) is 5.26 Å². The van der Waals surface area contributed by atoms with Gasteiger partial charge in [0.2, 0.25) is 0 Å². The highest BCUT2D eigenvalue weighted by molar-refractivity contribution is 7.18. The van der Waals surface area contributed by atoms with Gasteiger partial charge >= 0.3 is 0 Å². The van der Waals surface area contributed by atoms with Gasteiger partial charge in [-0.2, -0.15) is 5.26 Å². The van der Waals surface area contributed by atoms with E-state index in [-0.39, 0.29) is 24.6 Å². The second-order valence-corrected chi connectivity index (χ2v) is 8.71. The molecule has 3 aromatic rings. The number of thiazole rings is 1. The zero-order valence-electron chi connectivity index (χ0n) is 16.7.